The minimum absolute atomic E-state index is 0.141. The van der Waals surface area contributed by atoms with Gasteiger partial charge >= 0.3 is 0 Å². The zero-order valence-electron chi connectivity index (χ0n) is 12.4. The lowest BCUT2D eigenvalue weighted by Crippen LogP contribution is -2.38. The number of carbonyl (C=O) groups excluding carboxylic acids is 1. The van der Waals surface area contributed by atoms with Crippen LogP contribution in [0.5, 0.6) is 17.2 Å². The monoisotopic (exact) mass is 283 g/mol. The molecule has 0 aliphatic heterocycles. The Hall–Kier alpha value is -1.95. The van der Waals surface area contributed by atoms with Crippen molar-refractivity contribution in [3.63, 3.8) is 0 Å². The first kappa shape index (κ1) is 16.1. The molecule has 0 radical (unpaired) electrons. The van der Waals surface area contributed by atoms with E-state index in [2.05, 4.69) is 5.32 Å². The predicted octanol–water partition coefficient (Wildman–Crippen LogP) is 1.21. The maximum absolute atomic E-state index is 12.1. The molecule has 0 unspecified atom stereocenters. The van der Waals surface area contributed by atoms with Gasteiger partial charge in [-0.2, -0.15) is 0 Å². The number of hydrogen-bond donors (Lipinski definition) is 2. The lowest BCUT2D eigenvalue weighted by molar-refractivity contribution is 0.0694. The Labute approximate surface area is 118 Å². The van der Waals surface area contributed by atoms with Crippen LogP contribution in [0.2, 0.25) is 0 Å². The van der Waals surface area contributed by atoms with Crippen molar-refractivity contribution in [2.75, 3.05) is 27.9 Å². The van der Waals surface area contributed by atoms with Gasteiger partial charge in [0.2, 0.25) is 5.75 Å². The van der Waals surface area contributed by atoms with Crippen molar-refractivity contribution < 1.29 is 24.1 Å². The van der Waals surface area contributed by atoms with Gasteiger partial charge in [0.25, 0.3) is 5.91 Å². The summed E-state index contributed by atoms with van der Waals surface area (Å²) in [7, 11) is 4.46. The largest absolute Gasteiger partial charge is 0.493 e. The van der Waals surface area contributed by atoms with E-state index in [1.54, 1.807) is 26.0 Å². The van der Waals surface area contributed by atoms with Crippen LogP contribution in [-0.4, -0.2) is 44.5 Å². The summed E-state index contributed by atoms with van der Waals surface area (Å²) < 4.78 is 15.5. The van der Waals surface area contributed by atoms with Gasteiger partial charge in [-0.15, -0.1) is 0 Å². The summed E-state index contributed by atoms with van der Waals surface area (Å²) in [6.07, 6.45) is 0. The highest BCUT2D eigenvalue weighted by molar-refractivity contribution is 5.95. The molecule has 1 aromatic carbocycles. The normalized spacial score (nSPS) is 10.9. The van der Waals surface area contributed by atoms with Crippen LogP contribution in [-0.2, 0) is 0 Å². The van der Waals surface area contributed by atoms with Crippen LogP contribution in [0.1, 0.15) is 24.2 Å². The van der Waals surface area contributed by atoms with E-state index in [9.17, 15) is 9.90 Å². The van der Waals surface area contributed by atoms with Gasteiger partial charge in [0.05, 0.1) is 26.9 Å². The van der Waals surface area contributed by atoms with Crippen LogP contribution in [0.4, 0.5) is 0 Å². The summed E-state index contributed by atoms with van der Waals surface area (Å²) in [5.74, 6) is 0.904. The third kappa shape index (κ3) is 4.03. The number of nitrogens with one attached hydrogen (secondary N) is 1. The van der Waals surface area contributed by atoms with Crippen LogP contribution < -0.4 is 19.5 Å². The third-order valence-electron chi connectivity index (χ3n) is 2.61. The molecule has 2 N–H and O–H groups in total. The molecule has 0 bridgehead atoms. The van der Waals surface area contributed by atoms with Crippen LogP contribution >= 0.6 is 0 Å². The number of methoxy groups -OCH3 is 3. The van der Waals surface area contributed by atoms with Gasteiger partial charge in [0.1, 0.15) is 0 Å². The van der Waals surface area contributed by atoms with Crippen molar-refractivity contribution in [3.8, 4) is 17.2 Å². The Morgan fingerprint density at radius 2 is 1.65 bits per heavy atom. The molecule has 1 rings (SSSR count). The fourth-order valence-corrected chi connectivity index (χ4v) is 1.61. The molecule has 112 valence electrons. The van der Waals surface area contributed by atoms with Crippen molar-refractivity contribution in [2.24, 2.45) is 0 Å². The molecule has 0 saturated carbocycles. The van der Waals surface area contributed by atoms with Gasteiger partial charge in [-0.1, -0.05) is 0 Å². The lowest BCUT2D eigenvalue weighted by atomic mass is 10.1. The predicted molar refractivity (Wildman–Crippen MR) is 74.7 cm³/mol. The number of aliphatic hydroxyl groups is 1. The van der Waals surface area contributed by atoms with Crippen molar-refractivity contribution in [3.05, 3.63) is 17.7 Å². The molecule has 20 heavy (non-hydrogen) atoms. The molecule has 0 spiro atoms. The first-order valence-corrected chi connectivity index (χ1v) is 6.13. The summed E-state index contributed by atoms with van der Waals surface area (Å²) in [5, 5.41) is 12.3. The van der Waals surface area contributed by atoms with Crippen molar-refractivity contribution in [2.45, 2.75) is 19.4 Å². The number of hydrogen-bond acceptors (Lipinski definition) is 5. The zero-order chi connectivity index (χ0) is 15.3. The number of amides is 1. The van der Waals surface area contributed by atoms with Crippen LogP contribution in [0.3, 0.4) is 0 Å². The minimum Gasteiger partial charge on any atom is -0.493 e. The van der Waals surface area contributed by atoms with E-state index in [0.29, 0.717) is 22.8 Å². The fourth-order valence-electron chi connectivity index (χ4n) is 1.61. The minimum atomic E-state index is -0.976. The average Bonchev–Trinajstić information content (AvgIpc) is 2.42. The van der Waals surface area contributed by atoms with E-state index in [1.165, 1.54) is 21.3 Å². The second-order valence-corrected chi connectivity index (χ2v) is 4.91. The van der Waals surface area contributed by atoms with Crippen molar-refractivity contribution >= 4 is 5.91 Å². The molecule has 0 aromatic heterocycles. The van der Waals surface area contributed by atoms with Crippen LogP contribution in [0.25, 0.3) is 0 Å². The third-order valence-corrected chi connectivity index (χ3v) is 2.61. The SMILES string of the molecule is COc1cc(C(=O)NCC(C)(C)O)cc(OC)c1OC. The first-order valence-electron chi connectivity index (χ1n) is 6.13. The molecule has 1 aromatic rings. The Morgan fingerprint density at radius 3 is 2.00 bits per heavy atom. The molecule has 0 atom stereocenters. The standard InChI is InChI=1S/C14H21NO5/c1-14(2,17)8-15-13(16)9-6-10(18-3)12(20-5)11(7-9)19-4/h6-7,17H,8H2,1-5H3,(H,15,16). The molecular weight excluding hydrogens is 262 g/mol. The topological polar surface area (TPSA) is 77.0 Å². The highest BCUT2D eigenvalue weighted by Crippen LogP contribution is 2.38. The summed E-state index contributed by atoms with van der Waals surface area (Å²) in [5.41, 5.74) is -0.611. The number of rotatable bonds is 6. The Kier molecular flexibility index (Phi) is 5.21. The molecular formula is C14H21NO5. The second-order valence-electron chi connectivity index (χ2n) is 4.91. The summed E-state index contributed by atoms with van der Waals surface area (Å²) >= 11 is 0. The molecule has 0 fully saturated rings. The van der Waals surface area contributed by atoms with Crippen LogP contribution in [0.15, 0.2) is 12.1 Å². The number of benzene rings is 1. The average molecular weight is 283 g/mol. The summed E-state index contributed by atoms with van der Waals surface area (Å²) in [6, 6.07) is 3.11. The van der Waals surface area contributed by atoms with E-state index in [1.807, 2.05) is 0 Å². The molecule has 6 heteroatoms. The molecule has 0 heterocycles. The molecule has 0 saturated heterocycles. The molecule has 6 nitrogen and oxygen atoms in total. The van der Waals surface area contributed by atoms with Gasteiger partial charge in [0.15, 0.2) is 11.5 Å². The number of carbonyl (C=O) groups is 1. The summed E-state index contributed by atoms with van der Waals surface area (Å²) in [4.78, 5) is 12.1. The smallest absolute Gasteiger partial charge is 0.251 e. The highest BCUT2D eigenvalue weighted by Gasteiger charge is 2.19. The number of ether oxygens (including phenoxy) is 3. The molecule has 0 aliphatic rings. The van der Waals surface area contributed by atoms with E-state index in [0.717, 1.165) is 0 Å². The molecule has 1 amide bonds. The van der Waals surface area contributed by atoms with E-state index < -0.39 is 5.60 Å². The molecule has 0 aliphatic carbocycles. The maximum Gasteiger partial charge on any atom is 0.251 e. The van der Waals surface area contributed by atoms with Crippen molar-refractivity contribution in [1.29, 1.82) is 0 Å². The highest BCUT2D eigenvalue weighted by atomic mass is 16.5. The lowest BCUT2D eigenvalue weighted by Gasteiger charge is -2.18. The first-order chi connectivity index (χ1) is 9.32. The summed E-state index contributed by atoms with van der Waals surface area (Å²) in [6.45, 7) is 3.37. The van der Waals surface area contributed by atoms with E-state index >= 15 is 0 Å². The van der Waals surface area contributed by atoms with Gasteiger partial charge in [-0.05, 0) is 26.0 Å². The van der Waals surface area contributed by atoms with Crippen molar-refractivity contribution in [1.82, 2.24) is 5.32 Å². The zero-order valence-corrected chi connectivity index (χ0v) is 12.4. The second kappa shape index (κ2) is 6.47. The van der Waals surface area contributed by atoms with Gasteiger partial charge in [-0.3, -0.25) is 4.79 Å². The quantitative estimate of drug-likeness (QED) is 0.820. The Morgan fingerprint density at radius 1 is 1.15 bits per heavy atom. The van der Waals surface area contributed by atoms with E-state index in [4.69, 9.17) is 14.2 Å². The maximum atomic E-state index is 12.1. The van der Waals surface area contributed by atoms with Crippen LogP contribution in [0, 0.1) is 0 Å². The Balaban J connectivity index is 3.04. The van der Waals surface area contributed by atoms with Gasteiger partial charge < -0.3 is 24.6 Å². The van der Waals surface area contributed by atoms with Gasteiger partial charge in [0, 0.05) is 12.1 Å². The Bertz CT molecular complexity index is 454. The van der Waals surface area contributed by atoms with Gasteiger partial charge in [-0.25, -0.2) is 0 Å². The fraction of sp³-hybridized carbons (Fsp3) is 0.500. The van der Waals surface area contributed by atoms with E-state index in [-0.39, 0.29) is 12.5 Å².